The molecule has 0 saturated heterocycles. The van der Waals surface area contributed by atoms with Gasteiger partial charge in [0.15, 0.2) is 0 Å². The smallest absolute Gasteiger partial charge is 0.123 e. The molecule has 0 fully saturated rings. The second-order valence-electron chi connectivity index (χ2n) is 3.98. The van der Waals surface area contributed by atoms with E-state index >= 15 is 0 Å². The van der Waals surface area contributed by atoms with Crippen LogP contribution in [0.2, 0.25) is 0 Å². The highest BCUT2D eigenvalue weighted by molar-refractivity contribution is 5.42. The van der Waals surface area contributed by atoms with Crippen molar-refractivity contribution in [1.29, 1.82) is 0 Å². The quantitative estimate of drug-likeness (QED) is 0.722. The number of rotatable bonds is 8. The van der Waals surface area contributed by atoms with Gasteiger partial charge in [-0.1, -0.05) is 0 Å². The number of hydrogen-bond donors (Lipinski definition) is 1. The molecule has 0 bridgehead atoms. The van der Waals surface area contributed by atoms with Gasteiger partial charge in [0.25, 0.3) is 0 Å². The second kappa shape index (κ2) is 7.95. The highest BCUT2D eigenvalue weighted by Crippen LogP contribution is 2.28. The first-order chi connectivity index (χ1) is 8.72. The molecule has 0 aliphatic rings. The van der Waals surface area contributed by atoms with E-state index < -0.39 is 0 Å². The van der Waals surface area contributed by atoms with Crippen molar-refractivity contribution in [3.63, 3.8) is 0 Å². The van der Waals surface area contributed by atoms with Gasteiger partial charge < -0.3 is 19.5 Å². The normalized spacial score (nSPS) is 12.2. The maximum atomic E-state index is 5.37. The first kappa shape index (κ1) is 14.8. The van der Waals surface area contributed by atoms with Gasteiger partial charge in [0.05, 0.1) is 20.8 Å². The molecule has 18 heavy (non-hydrogen) atoms. The molecule has 102 valence electrons. The maximum Gasteiger partial charge on any atom is 0.123 e. The Kier molecular flexibility index (Phi) is 6.54. The molecule has 0 aromatic heterocycles. The van der Waals surface area contributed by atoms with Gasteiger partial charge in [-0.3, -0.25) is 0 Å². The van der Waals surface area contributed by atoms with E-state index in [1.54, 1.807) is 14.2 Å². The maximum absolute atomic E-state index is 5.37. The first-order valence-corrected chi connectivity index (χ1v) is 6.26. The van der Waals surface area contributed by atoms with Crippen LogP contribution in [0.15, 0.2) is 18.2 Å². The van der Waals surface area contributed by atoms with Gasteiger partial charge in [-0.05, 0) is 32.0 Å². The van der Waals surface area contributed by atoms with Crippen molar-refractivity contribution < 1.29 is 14.2 Å². The van der Waals surface area contributed by atoms with Crippen LogP contribution < -0.4 is 14.8 Å². The number of nitrogens with one attached hydrogen (secondary N) is 1. The van der Waals surface area contributed by atoms with E-state index in [0.29, 0.717) is 6.61 Å². The van der Waals surface area contributed by atoms with E-state index in [4.69, 9.17) is 14.2 Å². The Balaban J connectivity index is 2.66. The predicted octanol–water partition coefficient (Wildman–Crippen LogP) is 2.39. The van der Waals surface area contributed by atoms with Crippen LogP contribution in [0.5, 0.6) is 11.5 Å². The van der Waals surface area contributed by atoms with Gasteiger partial charge in [-0.25, -0.2) is 0 Å². The van der Waals surface area contributed by atoms with Crippen LogP contribution in [0.4, 0.5) is 0 Å². The molecule has 1 N–H and O–H groups in total. The highest BCUT2D eigenvalue weighted by Gasteiger charge is 2.12. The molecule has 1 aromatic rings. The molecule has 1 aromatic carbocycles. The monoisotopic (exact) mass is 253 g/mol. The lowest BCUT2D eigenvalue weighted by Gasteiger charge is -2.18. The van der Waals surface area contributed by atoms with Gasteiger partial charge >= 0.3 is 0 Å². The molecule has 0 saturated carbocycles. The lowest BCUT2D eigenvalue weighted by atomic mass is 10.1. The SMILES string of the molecule is CCOCCNC(C)c1cc(OC)ccc1OC. The summed E-state index contributed by atoms with van der Waals surface area (Å²) in [6.07, 6.45) is 0. The molecule has 0 radical (unpaired) electrons. The van der Waals surface area contributed by atoms with Crippen LogP contribution in [0.1, 0.15) is 25.5 Å². The molecule has 0 aliphatic carbocycles. The molecule has 0 aliphatic heterocycles. The number of methoxy groups -OCH3 is 2. The minimum atomic E-state index is 0.190. The number of benzene rings is 1. The van der Waals surface area contributed by atoms with E-state index in [2.05, 4.69) is 12.2 Å². The summed E-state index contributed by atoms with van der Waals surface area (Å²) in [4.78, 5) is 0. The molecule has 1 unspecified atom stereocenters. The third-order valence-electron chi connectivity index (χ3n) is 2.80. The standard InChI is InChI=1S/C14H23NO3/c1-5-18-9-8-15-11(2)13-10-12(16-3)6-7-14(13)17-4/h6-7,10-11,15H,5,8-9H2,1-4H3. The molecule has 4 heteroatoms. The Labute approximate surface area is 109 Å². The van der Waals surface area contributed by atoms with E-state index in [9.17, 15) is 0 Å². The first-order valence-electron chi connectivity index (χ1n) is 6.26. The van der Waals surface area contributed by atoms with Crippen LogP contribution in [0, 0.1) is 0 Å². The summed E-state index contributed by atoms with van der Waals surface area (Å²) in [5, 5.41) is 3.40. The Hall–Kier alpha value is -1.26. The average molecular weight is 253 g/mol. The largest absolute Gasteiger partial charge is 0.497 e. The molecule has 0 amide bonds. The predicted molar refractivity (Wildman–Crippen MR) is 72.5 cm³/mol. The minimum Gasteiger partial charge on any atom is -0.497 e. The van der Waals surface area contributed by atoms with E-state index in [-0.39, 0.29) is 6.04 Å². The fraction of sp³-hybridized carbons (Fsp3) is 0.571. The molecule has 0 spiro atoms. The number of hydrogen-bond acceptors (Lipinski definition) is 4. The van der Waals surface area contributed by atoms with Crippen molar-refractivity contribution in [3.05, 3.63) is 23.8 Å². The fourth-order valence-corrected chi connectivity index (χ4v) is 1.78. The van der Waals surface area contributed by atoms with Crippen LogP contribution >= 0.6 is 0 Å². The van der Waals surface area contributed by atoms with Gasteiger partial charge in [-0.15, -0.1) is 0 Å². The molecule has 4 nitrogen and oxygen atoms in total. The van der Waals surface area contributed by atoms with Crippen LogP contribution in [-0.4, -0.2) is 34.0 Å². The van der Waals surface area contributed by atoms with E-state index in [1.165, 1.54) is 0 Å². The Morgan fingerprint density at radius 1 is 1.22 bits per heavy atom. The topological polar surface area (TPSA) is 39.7 Å². The summed E-state index contributed by atoms with van der Waals surface area (Å²) in [5.41, 5.74) is 1.09. The zero-order chi connectivity index (χ0) is 13.4. The third kappa shape index (κ3) is 4.20. The van der Waals surface area contributed by atoms with Gasteiger partial charge in [0.1, 0.15) is 11.5 Å². The van der Waals surface area contributed by atoms with Crippen molar-refractivity contribution in [1.82, 2.24) is 5.32 Å². The van der Waals surface area contributed by atoms with E-state index in [0.717, 1.165) is 30.2 Å². The van der Waals surface area contributed by atoms with Crippen LogP contribution in [-0.2, 0) is 4.74 Å². The second-order valence-corrected chi connectivity index (χ2v) is 3.98. The Morgan fingerprint density at radius 2 is 2.00 bits per heavy atom. The summed E-state index contributed by atoms with van der Waals surface area (Å²) in [5.74, 6) is 1.71. The Bertz CT molecular complexity index is 355. The third-order valence-corrected chi connectivity index (χ3v) is 2.80. The van der Waals surface area contributed by atoms with Gasteiger partial charge in [0.2, 0.25) is 0 Å². The molecule has 1 rings (SSSR count). The molecule has 0 heterocycles. The highest BCUT2D eigenvalue weighted by atomic mass is 16.5. The van der Waals surface area contributed by atoms with Crippen molar-refractivity contribution >= 4 is 0 Å². The lowest BCUT2D eigenvalue weighted by molar-refractivity contribution is 0.147. The zero-order valence-electron chi connectivity index (χ0n) is 11.7. The Morgan fingerprint density at radius 3 is 2.61 bits per heavy atom. The summed E-state index contributed by atoms with van der Waals surface area (Å²) in [6.45, 7) is 6.37. The van der Waals surface area contributed by atoms with Crippen molar-refractivity contribution in [3.8, 4) is 11.5 Å². The van der Waals surface area contributed by atoms with Gasteiger partial charge in [0, 0.05) is 24.8 Å². The van der Waals surface area contributed by atoms with Crippen molar-refractivity contribution in [2.24, 2.45) is 0 Å². The molecule has 1 atom stereocenters. The lowest BCUT2D eigenvalue weighted by Crippen LogP contribution is -2.23. The van der Waals surface area contributed by atoms with E-state index in [1.807, 2.05) is 25.1 Å². The van der Waals surface area contributed by atoms with Crippen LogP contribution in [0.25, 0.3) is 0 Å². The molecular formula is C14H23NO3. The zero-order valence-corrected chi connectivity index (χ0v) is 11.7. The average Bonchev–Trinajstić information content (AvgIpc) is 2.42. The summed E-state index contributed by atoms with van der Waals surface area (Å²) >= 11 is 0. The number of ether oxygens (including phenoxy) is 3. The fourth-order valence-electron chi connectivity index (χ4n) is 1.78. The van der Waals surface area contributed by atoms with Crippen molar-refractivity contribution in [2.45, 2.75) is 19.9 Å². The van der Waals surface area contributed by atoms with Crippen LogP contribution in [0.3, 0.4) is 0 Å². The summed E-state index contributed by atoms with van der Waals surface area (Å²) < 4.78 is 15.9. The summed E-state index contributed by atoms with van der Waals surface area (Å²) in [7, 11) is 3.34. The van der Waals surface area contributed by atoms with Gasteiger partial charge in [-0.2, -0.15) is 0 Å². The summed E-state index contributed by atoms with van der Waals surface area (Å²) in [6, 6.07) is 6.01. The van der Waals surface area contributed by atoms with Crippen molar-refractivity contribution in [2.75, 3.05) is 34.0 Å². The molecular weight excluding hydrogens is 230 g/mol. The minimum absolute atomic E-state index is 0.190.